The first-order chi connectivity index (χ1) is 38.5. The Morgan fingerprint density at radius 2 is 0.346 bits per heavy atom. The van der Waals surface area contributed by atoms with Crippen LogP contribution in [0.2, 0.25) is 0 Å². The summed E-state index contributed by atoms with van der Waals surface area (Å²) in [6, 6.07) is 0. The van der Waals surface area contributed by atoms with Gasteiger partial charge in [0.05, 0.1) is 0 Å². The maximum absolute atomic E-state index is 12.9. The van der Waals surface area contributed by atoms with E-state index in [9.17, 15) is 14.4 Å². The second-order valence-electron chi connectivity index (χ2n) is 24.9. The molecule has 6 heteroatoms. The van der Waals surface area contributed by atoms with Crippen LogP contribution in [0.1, 0.15) is 425 Å². The zero-order valence-electron chi connectivity index (χ0n) is 53.5. The van der Waals surface area contributed by atoms with E-state index in [1.807, 2.05) is 0 Å². The molecular formula is C72H140O6. The normalized spacial score (nSPS) is 11.9. The fourth-order valence-electron chi connectivity index (χ4n) is 11.5. The zero-order valence-corrected chi connectivity index (χ0v) is 53.5. The van der Waals surface area contributed by atoms with Gasteiger partial charge in [0.1, 0.15) is 13.2 Å². The van der Waals surface area contributed by atoms with Gasteiger partial charge in [-0.3, -0.25) is 14.4 Å². The Morgan fingerprint density at radius 1 is 0.205 bits per heavy atom. The van der Waals surface area contributed by atoms with Crippen LogP contribution in [-0.2, 0) is 28.6 Å². The van der Waals surface area contributed by atoms with Crippen molar-refractivity contribution in [2.75, 3.05) is 13.2 Å². The molecule has 0 aliphatic rings. The van der Waals surface area contributed by atoms with Gasteiger partial charge in [-0.05, 0) is 19.3 Å². The van der Waals surface area contributed by atoms with Crippen molar-refractivity contribution in [3.8, 4) is 0 Å². The lowest BCUT2D eigenvalue weighted by molar-refractivity contribution is -0.167. The Morgan fingerprint density at radius 3 is 0.513 bits per heavy atom. The third kappa shape index (κ3) is 65.2. The first-order valence-electron chi connectivity index (χ1n) is 36.0. The average molecular weight is 1100 g/mol. The van der Waals surface area contributed by atoms with Crippen molar-refractivity contribution in [3.63, 3.8) is 0 Å². The molecule has 0 aliphatic heterocycles. The SMILES string of the molecule is CCCCCCCCCCCCCCCCCCCCCCCCCCCCCCCCCCC(=O)OCC(COC(=O)CCCCCCCCCCCC)OC(=O)CCCCCCCCCCCCCCCCCCCC. The van der Waals surface area contributed by atoms with Crippen molar-refractivity contribution in [3.05, 3.63) is 0 Å². The molecule has 0 heterocycles. The predicted molar refractivity (Wildman–Crippen MR) is 340 cm³/mol. The minimum atomic E-state index is -0.762. The second-order valence-corrected chi connectivity index (χ2v) is 24.9. The number of carbonyl (C=O) groups excluding carboxylic acids is 3. The molecule has 0 N–H and O–H groups in total. The van der Waals surface area contributed by atoms with Crippen LogP contribution in [-0.4, -0.2) is 37.2 Å². The maximum atomic E-state index is 12.9. The van der Waals surface area contributed by atoms with Crippen LogP contribution in [0.15, 0.2) is 0 Å². The van der Waals surface area contributed by atoms with Crippen LogP contribution in [0, 0.1) is 0 Å². The van der Waals surface area contributed by atoms with E-state index in [0.717, 1.165) is 57.8 Å². The highest BCUT2D eigenvalue weighted by Gasteiger charge is 2.20. The molecule has 0 saturated carbocycles. The van der Waals surface area contributed by atoms with E-state index < -0.39 is 6.10 Å². The molecule has 1 unspecified atom stereocenters. The molecule has 78 heavy (non-hydrogen) atoms. The lowest BCUT2D eigenvalue weighted by Gasteiger charge is -2.18. The fourth-order valence-corrected chi connectivity index (χ4v) is 11.5. The minimum Gasteiger partial charge on any atom is -0.462 e. The lowest BCUT2D eigenvalue weighted by atomic mass is 10.0. The van der Waals surface area contributed by atoms with Crippen molar-refractivity contribution in [1.29, 1.82) is 0 Å². The summed E-state index contributed by atoms with van der Waals surface area (Å²) >= 11 is 0. The molecule has 0 aromatic rings. The molecule has 464 valence electrons. The van der Waals surface area contributed by atoms with Gasteiger partial charge in [-0.1, -0.05) is 387 Å². The summed E-state index contributed by atoms with van der Waals surface area (Å²) in [5, 5.41) is 0. The van der Waals surface area contributed by atoms with Crippen LogP contribution in [0.5, 0.6) is 0 Å². The molecule has 6 nitrogen and oxygen atoms in total. The Labute approximate surface area is 488 Å². The number of hydrogen-bond acceptors (Lipinski definition) is 6. The van der Waals surface area contributed by atoms with E-state index >= 15 is 0 Å². The van der Waals surface area contributed by atoms with Gasteiger partial charge in [0, 0.05) is 19.3 Å². The van der Waals surface area contributed by atoms with Gasteiger partial charge >= 0.3 is 17.9 Å². The molecular weight excluding hydrogens is 961 g/mol. The van der Waals surface area contributed by atoms with E-state index in [4.69, 9.17) is 14.2 Å². The van der Waals surface area contributed by atoms with E-state index in [0.29, 0.717) is 19.3 Å². The summed E-state index contributed by atoms with van der Waals surface area (Å²) in [7, 11) is 0. The summed E-state index contributed by atoms with van der Waals surface area (Å²) < 4.78 is 17.0. The number of rotatable bonds is 68. The molecule has 1 atom stereocenters. The summed E-state index contributed by atoms with van der Waals surface area (Å²) in [6.07, 6.45) is 80.2. The highest BCUT2D eigenvalue weighted by molar-refractivity contribution is 5.71. The number of esters is 3. The van der Waals surface area contributed by atoms with Crippen LogP contribution in [0.25, 0.3) is 0 Å². The zero-order chi connectivity index (χ0) is 56.4. The largest absolute Gasteiger partial charge is 0.462 e. The Hall–Kier alpha value is -1.59. The third-order valence-corrected chi connectivity index (χ3v) is 16.9. The van der Waals surface area contributed by atoms with E-state index in [2.05, 4.69) is 20.8 Å². The molecule has 0 aromatic heterocycles. The first kappa shape index (κ1) is 76.4. The summed E-state index contributed by atoms with van der Waals surface area (Å²) in [5.74, 6) is -0.826. The highest BCUT2D eigenvalue weighted by atomic mass is 16.6. The number of carbonyl (C=O) groups is 3. The molecule has 0 rings (SSSR count). The molecule has 0 bridgehead atoms. The Balaban J connectivity index is 4.01. The molecule has 0 saturated heterocycles. The Kier molecular flexibility index (Phi) is 66.5. The first-order valence-corrected chi connectivity index (χ1v) is 36.0. The van der Waals surface area contributed by atoms with Crippen LogP contribution < -0.4 is 0 Å². The second kappa shape index (κ2) is 67.9. The summed E-state index contributed by atoms with van der Waals surface area (Å²) in [5.41, 5.74) is 0. The number of hydrogen-bond donors (Lipinski definition) is 0. The number of ether oxygens (including phenoxy) is 3. The van der Waals surface area contributed by atoms with Gasteiger partial charge in [0.2, 0.25) is 0 Å². The van der Waals surface area contributed by atoms with Crippen LogP contribution >= 0.6 is 0 Å². The average Bonchev–Trinajstić information content (AvgIpc) is 3.44. The van der Waals surface area contributed by atoms with Gasteiger partial charge in [0.25, 0.3) is 0 Å². The van der Waals surface area contributed by atoms with Gasteiger partial charge in [-0.2, -0.15) is 0 Å². The van der Waals surface area contributed by atoms with Gasteiger partial charge < -0.3 is 14.2 Å². The molecule has 0 radical (unpaired) electrons. The molecule has 0 amide bonds. The summed E-state index contributed by atoms with van der Waals surface area (Å²) in [4.78, 5) is 38.3. The van der Waals surface area contributed by atoms with Crippen molar-refractivity contribution < 1.29 is 28.6 Å². The van der Waals surface area contributed by atoms with Gasteiger partial charge in [0.15, 0.2) is 6.10 Å². The van der Waals surface area contributed by atoms with Crippen molar-refractivity contribution in [2.24, 2.45) is 0 Å². The van der Waals surface area contributed by atoms with Crippen molar-refractivity contribution >= 4 is 17.9 Å². The monoisotopic (exact) mass is 1100 g/mol. The van der Waals surface area contributed by atoms with Crippen molar-refractivity contribution in [1.82, 2.24) is 0 Å². The van der Waals surface area contributed by atoms with Gasteiger partial charge in [-0.15, -0.1) is 0 Å². The molecule has 0 fully saturated rings. The van der Waals surface area contributed by atoms with Crippen molar-refractivity contribution in [2.45, 2.75) is 431 Å². The standard InChI is InChI=1S/C72H140O6/c1-4-7-10-13-16-19-22-24-26-28-30-31-32-33-34-35-36-37-38-39-40-41-42-43-45-46-48-50-53-56-59-62-65-71(74)77-68-69(67-76-70(73)64-61-58-55-52-21-18-15-12-9-6-3)78-72(75)66-63-60-57-54-51-49-47-44-29-27-25-23-20-17-14-11-8-5-2/h69H,4-68H2,1-3H3. The van der Waals surface area contributed by atoms with Crippen LogP contribution in [0.3, 0.4) is 0 Å². The molecule has 0 aliphatic carbocycles. The molecule has 0 spiro atoms. The fraction of sp³-hybridized carbons (Fsp3) is 0.958. The quantitative estimate of drug-likeness (QED) is 0.0343. The molecule has 0 aromatic carbocycles. The smallest absolute Gasteiger partial charge is 0.306 e. The number of unbranched alkanes of at least 4 members (excludes halogenated alkanes) is 57. The van der Waals surface area contributed by atoms with E-state index in [1.54, 1.807) is 0 Å². The van der Waals surface area contributed by atoms with Crippen LogP contribution in [0.4, 0.5) is 0 Å². The lowest BCUT2D eigenvalue weighted by Crippen LogP contribution is -2.30. The minimum absolute atomic E-state index is 0.0606. The maximum Gasteiger partial charge on any atom is 0.306 e. The van der Waals surface area contributed by atoms with E-state index in [1.165, 1.54) is 327 Å². The highest BCUT2D eigenvalue weighted by Crippen LogP contribution is 2.20. The topological polar surface area (TPSA) is 78.9 Å². The van der Waals surface area contributed by atoms with Gasteiger partial charge in [-0.25, -0.2) is 0 Å². The summed E-state index contributed by atoms with van der Waals surface area (Å²) in [6.45, 7) is 6.72. The predicted octanol–water partition coefficient (Wildman–Crippen LogP) is 24.6. The Bertz CT molecular complexity index is 1170. The third-order valence-electron chi connectivity index (χ3n) is 16.9. The van der Waals surface area contributed by atoms with E-state index in [-0.39, 0.29) is 31.1 Å².